The lowest BCUT2D eigenvalue weighted by Gasteiger charge is -2.20. The zero-order valence-corrected chi connectivity index (χ0v) is 27.2. The average Bonchev–Trinajstić information content (AvgIpc) is 2.99. The molecule has 0 fully saturated rings. The van der Waals surface area contributed by atoms with Gasteiger partial charge in [0, 0.05) is 26.2 Å². The van der Waals surface area contributed by atoms with Gasteiger partial charge in [-0.15, -0.1) is 13.2 Å². The van der Waals surface area contributed by atoms with Crippen LogP contribution in [0.2, 0.25) is 0 Å². The van der Waals surface area contributed by atoms with E-state index in [1.807, 2.05) is 25.1 Å². The van der Waals surface area contributed by atoms with Gasteiger partial charge < -0.3 is 26.0 Å². The Morgan fingerprint density at radius 3 is 2.24 bits per heavy atom. The molecule has 236 valence electrons. The molecule has 4 N–H and O–H groups in total. The maximum Gasteiger partial charge on any atom is 0.242 e. The largest absolute Gasteiger partial charge is 0.492 e. The van der Waals surface area contributed by atoms with Crippen LogP contribution in [0.5, 0.6) is 5.75 Å². The molecule has 0 saturated carbocycles. The summed E-state index contributed by atoms with van der Waals surface area (Å²) in [5, 5.41) is 12.2. The van der Waals surface area contributed by atoms with E-state index in [1.54, 1.807) is 0 Å². The number of carbonyl (C=O) groups is 2. The van der Waals surface area contributed by atoms with Gasteiger partial charge in [0.25, 0.3) is 0 Å². The smallest absolute Gasteiger partial charge is 0.242 e. The minimum Gasteiger partial charge on any atom is -0.492 e. The first-order valence-electron chi connectivity index (χ1n) is 15.6. The molecular weight excluding hydrogens is 524 g/mol. The molecule has 2 aromatic rings. The molecule has 7 heteroatoms. The third kappa shape index (κ3) is 17.6. The summed E-state index contributed by atoms with van der Waals surface area (Å²) < 4.78 is 5.96. The van der Waals surface area contributed by atoms with Crippen LogP contribution in [0.25, 0.3) is 0 Å². The normalized spacial score (nSPS) is 18.1. The van der Waals surface area contributed by atoms with Crippen molar-refractivity contribution in [2.75, 3.05) is 39.3 Å². The van der Waals surface area contributed by atoms with E-state index in [9.17, 15) is 9.59 Å². The van der Waals surface area contributed by atoms with E-state index in [1.165, 1.54) is 17.5 Å². The second-order valence-corrected chi connectivity index (χ2v) is 10.3. The Balaban J connectivity index is 0.000000992. The van der Waals surface area contributed by atoms with Crippen molar-refractivity contribution in [1.82, 2.24) is 21.3 Å². The molecule has 7 nitrogen and oxygen atoms in total. The molecule has 1 heterocycles. The van der Waals surface area contributed by atoms with Crippen LogP contribution in [0.4, 0.5) is 0 Å². The van der Waals surface area contributed by atoms with Crippen LogP contribution in [-0.2, 0) is 16.0 Å². The number of fused-ring (bicyclic) bond motifs is 1. The highest BCUT2D eigenvalue weighted by atomic mass is 16.5. The molecule has 2 unspecified atom stereocenters. The van der Waals surface area contributed by atoms with Crippen molar-refractivity contribution in [3.05, 3.63) is 78.4 Å². The molecule has 0 bridgehead atoms. The zero-order chi connectivity index (χ0) is 31.6. The average molecular weight is 583 g/mol. The quantitative estimate of drug-likeness (QED) is 0.337. The summed E-state index contributed by atoms with van der Waals surface area (Å²) in [5.74, 6) is 0.889. The SMILES string of the molecule is C=C.CCC.CCCC1NC(=O)CNCCNCCOc2ccccc2C(C)CCNC1=O.CCc1cccc(C)c1. The fourth-order valence-electron chi connectivity index (χ4n) is 4.18. The van der Waals surface area contributed by atoms with Gasteiger partial charge in [0.15, 0.2) is 0 Å². The number of benzene rings is 2. The van der Waals surface area contributed by atoms with E-state index in [0.717, 1.165) is 43.7 Å². The second-order valence-electron chi connectivity index (χ2n) is 10.3. The minimum absolute atomic E-state index is 0.116. The Kier molecular flexibility index (Phi) is 23.6. The summed E-state index contributed by atoms with van der Waals surface area (Å²) in [7, 11) is 0. The first kappa shape index (κ1) is 38.8. The molecule has 1 aliphatic rings. The number of hydrogen-bond acceptors (Lipinski definition) is 5. The summed E-state index contributed by atoms with van der Waals surface area (Å²) in [4.78, 5) is 24.6. The van der Waals surface area contributed by atoms with Gasteiger partial charge in [-0.1, -0.05) is 95.5 Å². The van der Waals surface area contributed by atoms with Crippen molar-refractivity contribution in [2.24, 2.45) is 0 Å². The third-order valence-corrected chi connectivity index (χ3v) is 6.35. The molecule has 0 aliphatic carbocycles. The summed E-state index contributed by atoms with van der Waals surface area (Å²) >= 11 is 0. The van der Waals surface area contributed by atoms with Crippen LogP contribution in [0.15, 0.2) is 61.7 Å². The number of carbonyl (C=O) groups excluding carboxylic acids is 2. The molecule has 0 spiro atoms. The molecule has 1 aliphatic heterocycles. The number of hydrogen-bond donors (Lipinski definition) is 4. The lowest BCUT2D eigenvalue weighted by atomic mass is 9.96. The van der Waals surface area contributed by atoms with E-state index in [2.05, 4.69) is 99.4 Å². The van der Waals surface area contributed by atoms with Crippen molar-refractivity contribution in [1.29, 1.82) is 0 Å². The van der Waals surface area contributed by atoms with E-state index in [4.69, 9.17) is 4.74 Å². The van der Waals surface area contributed by atoms with Gasteiger partial charge in [0.05, 0.1) is 6.54 Å². The Morgan fingerprint density at radius 2 is 1.60 bits per heavy atom. The van der Waals surface area contributed by atoms with Crippen LogP contribution in [0.3, 0.4) is 0 Å². The maximum atomic E-state index is 12.5. The second kappa shape index (κ2) is 25.5. The minimum atomic E-state index is -0.484. The Labute approximate surface area is 256 Å². The molecule has 2 atom stereocenters. The Bertz CT molecular complexity index is 982. The van der Waals surface area contributed by atoms with E-state index >= 15 is 0 Å². The van der Waals surface area contributed by atoms with E-state index < -0.39 is 6.04 Å². The zero-order valence-electron chi connectivity index (χ0n) is 27.2. The lowest BCUT2D eigenvalue weighted by molar-refractivity contribution is -0.128. The number of rotatable bonds is 3. The predicted molar refractivity (Wildman–Crippen MR) is 178 cm³/mol. The highest BCUT2D eigenvalue weighted by molar-refractivity contribution is 5.88. The van der Waals surface area contributed by atoms with E-state index in [0.29, 0.717) is 26.1 Å². The molecule has 0 radical (unpaired) electrons. The van der Waals surface area contributed by atoms with Gasteiger partial charge in [-0.05, 0) is 49.3 Å². The molecule has 3 rings (SSSR count). The molecule has 42 heavy (non-hydrogen) atoms. The predicted octanol–water partition coefficient (Wildman–Crippen LogP) is 5.93. The van der Waals surface area contributed by atoms with Gasteiger partial charge in [-0.2, -0.15) is 0 Å². The van der Waals surface area contributed by atoms with Crippen LogP contribution in [0.1, 0.15) is 82.9 Å². The summed E-state index contributed by atoms with van der Waals surface area (Å²) in [6.45, 7) is 22.2. The lowest BCUT2D eigenvalue weighted by Crippen LogP contribution is -2.49. The van der Waals surface area contributed by atoms with Gasteiger partial charge in [-0.3, -0.25) is 9.59 Å². The van der Waals surface area contributed by atoms with Crippen molar-refractivity contribution >= 4 is 11.8 Å². The summed E-state index contributed by atoms with van der Waals surface area (Å²) in [6, 6.07) is 16.2. The molecule has 0 saturated heterocycles. The van der Waals surface area contributed by atoms with Crippen LogP contribution in [-0.4, -0.2) is 57.2 Å². The summed E-state index contributed by atoms with van der Waals surface area (Å²) in [6.07, 6.45) is 4.66. The first-order chi connectivity index (χ1) is 20.4. The molecule has 2 amide bonds. The monoisotopic (exact) mass is 582 g/mol. The van der Waals surface area contributed by atoms with Crippen LogP contribution < -0.4 is 26.0 Å². The Morgan fingerprint density at radius 1 is 0.905 bits per heavy atom. The maximum absolute atomic E-state index is 12.5. The number of ether oxygens (including phenoxy) is 1. The summed E-state index contributed by atoms with van der Waals surface area (Å²) in [5.41, 5.74) is 3.93. The standard InChI is InChI=1S/C21H34N4O3.C9H12.C3H8.C2H4/c1-3-6-18-21(27)24-10-9-16(2)17-7-4-5-8-19(17)28-14-13-22-11-12-23-15-20(26)25-18;1-3-9-6-4-5-8(2)7-9;1-3-2;1-2/h4-5,7-8,16,18,22-23H,3,6,9-15H2,1-2H3,(H,24,27)(H,25,26);4-7H,3H2,1-2H3;3H2,1-2H3;1-2H2. The number of amides is 2. The highest BCUT2D eigenvalue weighted by Crippen LogP contribution is 2.28. The van der Waals surface area contributed by atoms with Crippen molar-refractivity contribution in [3.8, 4) is 5.75 Å². The molecule has 2 aromatic carbocycles. The van der Waals surface area contributed by atoms with Crippen molar-refractivity contribution in [2.45, 2.75) is 85.6 Å². The number of aryl methyl sites for hydroxylation is 2. The van der Waals surface area contributed by atoms with Gasteiger partial charge in [0.2, 0.25) is 11.8 Å². The topological polar surface area (TPSA) is 91.5 Å². The highest BCUT2D eigenvalue weighted by Gasteiger charge is 2.20. The van der Waals surface area contributed by atoms with Crippen molar-refractivity contribution in [3.63, 3.8) is 0 Å². The first-order valence-corrected chi connectivity index (χ1v) is 15.6. The van der Waals surface area contributed by atoms with Crippen LogP contribution in [0, 0.1) is 6.92 Å². The van der Waals surface area contributed by atoms with Gasteiger partial charge >= 0.3 is 0 Å². The van der Waals surface area contributed by atoms with E-state index in [-0.39, 0.29) is 24.3 Å². The van der Waals surface area contributed by atoms with Crippen molar-refractivity contribution < 1.29 is 14.3 Å². The fraction of sp³-hybridized carbons (Fsp3) is 0.543. The van der Waals surface area contributed by atoms with Gasteiger partial charge in [-0.25, -0.2) is 0 Å². The molecular formula is C35H58N4O3. The fourth-order valence-corrected chi connectivity index (χ4v) is 4.18. The van der Waals surface area contributed by atoms with Crippen LogP contribution >= 0.6 is 0 Å². The number of nitrogens with one attached hydrogen (secondary N) is 4. The van der Waals surface area contributed by atoms with Gasteiger partial charge in [0.1, 0.15) is 18.4 Å². The Hall–Kier alpha value is -3.16. The molecule has 0 aromatic heterocycles. The number of para-hydroxylation sites is 1. The third-order valence-electron chi connectivity index (χ3n) is 6.35.